The maximum atomic E-state index is 9.62. The van der Waals surface area contributed by atoms with Crippen LogP contribution < -0.4 is 4.74 Å². The van der Waals surface area contributed by atoms with Gasteiger partial charge in [-0.25, -0.2) is 0 Å². The summed E-state index contributed by atoms with van der Waals surface area (Å²) in [7, 11) is 1.59. The van der Waals surface area contributed by atoms with Crippen LogP contribution in [0.3, 0.4) is 0 Å². The Morgan fingerprint density at radius 3 is 2.77 bits per heavy atom. The number of methoxy groups -OCH3 is 1. The van der Waals surface area contributed by atoms with E-state index in [1.807, 2.05) is 18.2 Å². The molecule has 2 nitrogen and oxygen atoms in total. The standard InChI is InChI=1S/C9H10Br2O2/c1-13-9-3-2-6(11)4-7(9)8(12)5-10/h2-4,8,12H,5H2,1H3. The van der Waals surface area contributed by atoms with E-state index in [1.165, 1.54) is 0 Å². The third-order valence-electron chi connectivity index (χ3n) is 1.70. The van der Waals surface area contributed by atoms with Gasteiger partial charge in [0.2, 0.25) is 0 Å². The van der Waals surface area contributed by atoms with Crippen molar-refractivity contribution in [1.29, 1.82) is 0 Å². The molecule has 1 rings (SSSR count). The predicted octanol–water partition coefficient (Wildman–Crippen LogP) is 2.89. The normalized spacial score (nSPS) is 12.6. The molecule has 0 spiro atoms. The van der Waals surface area contributed by atoms with E-state index in [9.17, 15) is 5.11 Å². The van der Waals surface area contributed by atoms with Crippen molar-refractivity contribution in [2.24, 2.45) is 0 Å². The van der Waals surface area contributed by atoms with Crippen LogP contribution >= 0.6 is 31.9 Å². The molecule has 4 heteroatoms. The van der Waals surface area contributed by atoms with E-state index in [4.69, 9.17) is 4.74 Å². The second-order valence-electron chi connectivity index (χ2n) is 2.56. The van der Waals surface area contributed by atoms with Crippen molar-refractivity contribution in [2.75, 3.05) is 12.4 Å². The Bertz CT molecular complexity index is 289. The molecule has 0 aliphatic heterocycles. The lowest BCUT2D eigenvalue weighted by Gasteiger charge is -2.12. The molecular weight excluding hydrogens is 300 g/mol. The molecule has 0 aromatic heterocycles. The maximum Gasteiger partial charge on any atom is 0.124 e. The lowest BCUT2D eigenvalue weighted by molar-refractivity contribution is 0.200. The maximum absolute atomic E-state index is 9.62. The zero-order valence-electron chi connectivity index (χ0n) is 7.13. The number of benzene rings is 1. The summed E-state index contributed by atoms with van der Waals surface area (Å²) >= 11 is 6.56. The largest absolute Gasteiger partial charge is 0.496 e. The molecule has 0 saturated heterocycles. The third-order valence-corrected chi connectivity index (χ3v) is 2.80. The van der Waals surface area contributed by atoms with Gasteiger partial charge >= 0.3 is 0 Å². The lowest BCUT2D eigenvalue weighted by Crippen LogP contribution is -2.01. The van der Waals surface area contributed by atoms with Crippen molar-refractivity contribution in [3.8, 4) is 5.75 Å². The van der Waals surface area contributed by atoms with E-state index < -0.39 is 6.10 Å². The predicted molar refractivity (Wildman–Crippen MR) is 59.4 cm³/mol. The van der Waals surface area contributed by atoms with E-state index in [0.717, 1.165) is 10.0 Å². The van der Waals surface area contributed by atoms with Gasteiger partial charge in [0.15, 0.2) is 0 Å². The minimum absolute atomic E-state index is 0.500. The van der Waals surface area contributed by atoms with Crippen LogP contribution in [0.4, 0.5) is 0 Å². The van der Waals surface area contributed by atoms with Gasteiger partial charge < -0.3 is 9.84 Å². The zero-order valence-corrected chi connectivity index (χ0v) is 10.3. The first kappa shape index (κ1) is 11.0. The first-order valence-electron chi connectivity index (χ1n) is 3.76. The van der Waals surface area contributed by atoms with Crippen LogP contribution in [0.15, 0.2) is 22.7 Å². The molecule has 0 saturated carbocycles. The second-order valence-corrected chi connectivity index (χ2v) is 4.12. The SMILES string of the molecule is COc1ccc(Br)cc1C(O)CBr. The van der Waals surface area contributed by atoms with Gasteiger partial charge in [-0.15, -0.1) is 0 Å². The highest BCUT2D eigenvalue weighted by Crippen LogP contribution is 2.29. The van der Waals surface area contributed by atoms with Gasteiger partial charge in [-0.1, -0.05) is 31.9 Å². The summed E-state index contributed by atoms with van der Waals surface area (Å²) in [6, 6.07) is 5.55. The Labute approximate surface area is 94.2 Å². The number of alkyl halides is 1. The van der Waals surface area contributed by atoms with Crippen LogP contribution in [0.25, 0.3) is 0 Å². The van der Waals surface area contributed by atoms with E-state index in [-0.39, 0.29) is 0 Å². The smallest absolute Gasteiger partial charge is 0.124 e. The molecule has 72 valence electrons. The highest BCUT2D eigenvalue weighted by Gasteiger charge is 2.11. The Morgan fingerprint density at radius 1 is 1.54 bits per heavy atom. The van der Waals surface area contributed by atoms with Gasteiger partial charge in [0.25, 0.3) is 0 Å². The minimum Gasteiger partial charge on any atom is -0.496 e. The van der Waals surface area contributed by atoms with Crippen LogP contribution in [0.2, 0.25) is 0 Å². The first-order valence-corrected chi connectivity index (χ1v) is 5.68. The minimum atomic E-state index is -0.535. The van der Waals surface area contributed by atoms with Gasteiger partial charge in [0.05, 0.1) is 13.2 Å². The summed E-state index contributed by atoms with van der Waals surface area (Å²) in [4.78, 5) is 0. The Hall–Kier alpha value is -0.0600. The quantitative estimate of drug-likeness (QED) is 0.870. The second kappa shape index (κ2) is 4.98. The highest BCUT2D eigenvalue weighted by molar-refractivity contribution is 9.10. The molecule has 1 aromatic carbocycles. The van der Waals surface area contributed by atoms with Gasteiger partial charge in [-0.05, 0) is 18.2 Å². The summed E-state index contributed by atoms with van der Waals surface area (Å²) < 4.78 is 6.06. The zero-order chi connectivity index (χ0) is 9.84. The van der Waals surface area contributed by atoms with Crippen LogP contribution in [0, 0.1) is 0 Å². The average molecular weight is 310 g/mol. The summed E-state index contributed by atoms with van der Waals surface area (Å²) in [6.45, 7) is 0. The van der Waals surface area contributed by atoms with E-state index in [2.05, 4.69) is 31.9 Å². The molecule has 0 aliphatic rings. The number of hydrogen-bond acceptors (Lipinski definition) is 2. The number of ether oxygens (including phenoxy) is 1. The molecule has 13 heavy (non-hydrogen) atoms. The fourth-order valence-electron chi connectivity index (χ4n) is 1.05. The van der Waals surface area contributed by atoms with Crippen molar-refractivity contribution in [1.82, 2.24) is 0 Å². The molecule has 0 aliphatic carbocycles. The van der Waals surface area contributed by atoms with E-state index in [0.29, 0.717) is 11.1 Å². The van der Waals surface area contributed by atoms with Crippen LogP contribution in [-0.4, -0.2) is 17.5 Å². The summed E-state index contributed by atoms with van der Waals surface area (Å²) in [5.74, 6) is 0.704. The first-order chi connectivity index (χ1) is 6.19. The molecular formula is C9H10Br2O2. The molecule has 1 N–H and O–H groups in total. The average Bonchev–Trinajstić information content (AvgIpc) is 2.16. The summed E-state index contributed by atoms with van der Waals surface area (Å²) in [5.41, 5.74) is 0.786. The molecule has 0 radical (unpaired) electrons. The van der Waals surface area contributed by atoms with Crippen LogP contribution in [0.1, 0.15) is 11.7 Å². The number of hydrogen-bond donors (Lipinski definition) is 1. The Morgan fingerprint density at radius 2 is 2.23 bits per heavy atom. The van der Waals surface area contributed by atoms with Crippen LogP contribution in [0.5, 0.6) is 5.75 Å². The third kappa shape index (κ3) is 2.69. The summed E-state index contributed by atoms with van der Waals surface area (Å²) in [6.07, 6.45) is -0.535. The van der Waals surface area contributed by atoms with Crippen molar-refractivity contribution in [3.05, 3.63) is 28.2 Å². The number of halogens is 2. The molecule has 0 bridgehead atoms. The molecule has 1 atom stereocenters. The van der Waals surface area contributed by atoms with E-state index in [1.54, 1.807) is 7.11 Å². The van der Waals surface area contributed by atoms with Gasteiger partial charge in [0, 0.05) is 15.4 Å². The highest BCUT2D eigenvalue weighted by atomic mass is 79.9. The van der Waals surface area contributed by atoms with Crippen molar-refractivity contribution in [3.63, 3.8) is 0 Å². The fourth-order valence-corrected chi connectivity index (χ4v) is 1.78. The molecule has 0 heterocycles. The number of aliphatic hydroxyl groups is 1. The Balaban J connectivity index is 3.07. The van der Waals surface area contributed by atoms with Crippen molar-refractivity contribution >= 4 is 31.9 Å². The van der Waals surface area contributed by atoms with E-state index >= 15 is 0 Å². The fraction of sp³-hybridized carbons (Fsp3) is 0.333. The van der Waals surface area contributed by atoms with Crippen molar-refractivity contribution in [2.45, 2.75) is 6.10 Å². The molecule has 0 amide bonds. The molecule has 1 aromatic rings. The Kier molecular flexibility index (Phi) is 4.22. The number of rotatable bonds is 3. The van der Waals surface area contributed by atoms with Gasteiger partial charge in [-0.3, -0.25) is 0 Å². The lowest BCUT2D eigenvalue weighted by atomic mass is 10.1. The van der Waals surface area contributed by atoms with Crippen molar-refractivity contribution < 1.29 is 9.84 Å². The monoisotopic (exact) mass is 308 g/mol. The van der Waals surface area contributed by atoms with Gasteiger partial charge in [0.1, 0.15) is 5.75 Å². The van der Waals surface area contributed by atoms with Gasteiger partial charge in [-0.2, -0.15) is 0 Å². The number of aliphatic hydroxyl groups excluding tert-OH is 1. The van der Waals surface area contributed by atoms with Crippen LogP contribution in [-0.2, 0) is 0 Å². The topological polar surface area (TPSA) is 29.5 Å². The molecule has 1 unspecified atom stereocenters. The summed E-state index contributed by atoms with van der Waals surface area (Å²) in [5, 5.41) is 10.1. The molecule has 0 fully saturated rings.